The fraction of sp³-hybridized carbons (Fsp3) is 0.321. The summed E-state index contributed by atoms with van der Waals surface area (Å²) in [6.07, 6.45) is 3.81. The van der Waals surface area contributed by atoms with Gasteiger partial charge in [0.25, 0.3) is 0 Å². The van der Waals surface area contributed by atoms with Crippen LogP contribution in [0.15, 0.2) is 73.1 Å². The van der Waals surface area contributed by atoms with E-state index in [4.69, 9.17) is 4.74 Å². The average Bonchev–Trinajstić information content (AvgIpc) is 3.26. The Kier molecular flexibility index (Phi) is 7.38. The van der Waals surface area contributed by atoms with Gasteiger partial charge in [0.15, 0.2) is 0 Å². The monoisotopic (exact) mass is 458 g/mol. The Morgan fingerprint density at radius 3 is 2.56 bits per heavy atom. The van der Waals surface area contributed by atoms with Gasteiger partial charge in [-0.3, -0.25) is 0 Å². The highest BCUT2D eigenvalue weighted by Crippen LogP contribution is 2.25. The number of aromatic hydroxyl groups is 1. The first-order valence-electron chi connectivity index (χ1n) is 11.8. The number of hydrogen-bond donors (Lipinski definition) is 3. The lowest BCUT2D eigenvalue weighted by Crippen LogP contribution is -2.41. The highest BCUT2D eigenvalue weighted by Gasteiger charge is 2.17. The number of aromatic nitrogens is 2. The van der Waals surface area contributed by atoms with E-state index < -0.39 is 0 Å². The molecule has 1 heterocycles. The number of rotatable bonds is 11. The zero-order chi connectivity index (χ0) is 24.0. The largest absolute Gasteiger partial charge is 0.506 e. The van der Waals surface area contributed by atoms with Crippen LogP contribution < -0.4 is 15.4 Å². The minimum Gasteiger partial charge on any atom is -0.506 e. The number of para-hydroxylation sites is 2. The van der Waals surface area contributed by atoms with Gasteiger partial charge in [-0.1, -0.05) is 30.3 Å². The number of nitrogens with zero attached hydrogens (tertiary/aromatic N) is 2. The van der Waals surface area contributed by atoms with Gasteiger partial charge < -0.3 is 25.0 Å². The zero-order valence-electron chi connectivity index (χ0n) is 20.2. The third-order valence-corrected chi connectivity index (χ3v) is 6.23. The molecule has 4 rings (SSSR count). The summed E-state index contributed by atoms with van der Waals surface area (Å²) in [6.45, 7) is 6.89. The summed E-state index contributed by atoms with van der Waals surface area (Å²) >= 11 is 0. The standard InChI is InChI=1S/C28H34N4O2/c1-28(2,15-17-32-20-30-24-6-4-5-7-26(24)32)31-16-14-21-10-13-27(33)25(18-21)29-19-22-8-11-23(34-3)12-9-22/h4-13,18,20,29,31,33H,14-17,19H2,1-3H3. The van der Waals surface area contributed by atoms with Gasteiger partial charge in [-0.05, 0) is 80.8 Å². The Hall–Kier alpha value is -3.51. The fourth-order valence-corrected chi connectivity index (χ4v) is 4.04. The molecule has 0 unspecified atom stereocenters. The van der Waals surface area contributed by atoms with Gasteiger partial charge in [0.1, 0.15) is 11.5 Å². The molecule has 1 aromatic heterocycles. The number of ether oxygens (including phenoxy) is 1. The van der Waals surface area contributed by atoms with E-state index in [2.05, 4.69) is 46.2 Å². The van der Waals surface area contributed by atoms with Crippen molar-refractivity contribution >= 4 is 16.7 Å². The summed E-state index contributed by atoms with van der Waals surface area (Å²) in [5.41, 5.74) is 5.27. The maximum atomic E-state index is 10.3. The summed E-state index contributed by atoms with van der Waals surface area (Å²) in [4.78, 5) is 4.49. The maximum absolute atomic E-state index is 10.3. The second kappa shape index (κ2) is 10.6. The normalized spacial score (nSPS) is 11.6. The van der Waals surface area contributed by atoms with Crippen LogP contribution in [0, 0.1) is 0 Å². The predicted octanol–water partition coefficient (Wildman–Crippen LogP) is 5.36. The van der Waals surface area contributed by atoms with Crippen molar-refractivity contribution in [3.05, 3.63) is 84.2 Å². The van der Waals surface area contributed by atoms with Crippen molar-refractivity contribution in [1.82, 2.24) is 14.9 Å². The number of fused-ring (bicyclic) bond motifs is 1. The number of aryl methyl sites for hydroxylation is 1. The molecule has 3 aromatic carbocycles. The molecular weight excluding hydrogens is 424 g/mol. The van der Waals surface area contributed by atoms with Crippen LogP contribution in [0.3, 0.4) is 0 Å². The summed E-state index contributed by atoms with van der Waals surface area (Å²) in [6, 6.07) is 22.0. The molecule has 6 heteroatoms. The smallest absolute Gasteiger partial charge is 0.138 e. The molecule has 3 N–H and O–H groups in total. The number of methoxy groups -OCH3 is 1. The molecule has 6 nitrogen and oxygen atoms in total. The molecule has 0 spiro atoms. The van der Waals surface area contributed by atoms with Crippen LogP contribution in [0.2, 0.25) is 0 Å². The van der Waals surface area contributed by atoms with Crippen molar-refractivity contribution in [3.8, 4) is 11.5 Å². The lowest BCUT2D eigenvalue weighted by molar-refractivity contribution is 0.346. The lowest BCUT2D eigenvalue weighted by atomic mass is 10.00. The van der Waals surface area contributed by atoms with Crippen LogP contribution >= 0.6 is 0 Å². The molecule has 4 aromatic rings. The minimum atomic E-state index is -0.00224. The van der Waals surface area contributed by atoms with Crippen molar-refractivity contribution in [1.29, 1.82) is 0 Å². The summed E-state index contributed by atoms with van der Waals surface area (Å²) in [5, 5.41) is 17.3. The highest BCUT2D eigenvalue weighted by molar-refractivity contribution is 5.74. The summed E-state index contributed by atoms with van der Waals surface area (Å²) in [5.74, 6) is 1.10. The van der Waals surface area contributed by atoms with Crippen molar-refractivity contribution in [2.24, 2.45) is 0 Å². The van der Waals surface area contributed by atoms with Gasteiger partial charge in [-0.2, -0.15) is 0 Å². The highest BCUT2D eigenvalue weighted by atomic mass is 16.5. The Labute approximate surface area is 201 Å². The van der Waals surface area contributed by atoms with E-state index in [0.29, 0.717) is 6.54 Å². The second-order valence-electron chi connectivity index (χ2n) is 9.29. The number of phenols is 1. The molecule has 0 aliphatic carbocycles. The van der Waals surface area contributed by atoms with E-state index in [1.807, 2.05) is 54.9 Å². The summed E-state index contributed by atoms with van der Waals surface area (Å²) < 4.78 is 7.43. The zero-order valence-corrected chi connectivity index (χ0v) is 20.2. The van der Waals surface area contributed by atoms with Crippen LogP contribution in [0.4, 0.5) is 5.69 Å². The van der Waals surface area contributed by atoms with E-state index >= 15 is 0 Å². The number of nitrogens with one attached hydrogen (secondary N) is 2. The number of anilines is 1. The van der Waals surface area contributed by atoms with Crippen LogP contribution in [-0.4, -0.2) is 33.9 Å². The van der Waals surface area contributed by atoms with Gasteiger partial charge in [0, 0.05) is 18.6 Å². The van der Waals surface area contributed by atoms with Crippen LogP contribution in [-0.2, 0) is 19.5 Å². The third-order valence-electron chi connectivity index (χ3n) is 6.23. The van der Waals surface area contributed by atoms with Gasteiger partial charge >= 0.3 is 0 Å². The molecule has 34 heavy (non-hydrogen) atoms. The third kappa shape index (κ3) is 6.08. The number of benzene rings is 3. The van der Waals surface area contributed by atoms with Gasteiger partial charge in [0.2, 0.25) is 0 Å². The minimum absolute atomic E-state index is 0.00224. The van der Waals surface area contributed by atoms with E-state index in [1.54, 1.807) is 13.2 Å². The van der Waals surface area contributed by atoms with Crippen LogP contribution in [0.1, 0.15) is 31.4 Å². The molecule has 0 fully saturated rings. The SMILES string of the molecule is COc1ccc(CNc2cc(CCNC(C)(C)CCn3cnc4ccccc43)ccc2O)cc1. The second-order valence-corrected chi connectivity index (χ2v) is 9.29. The molecular formula is C28H34N4O2. The first-order valence-corrected chi connectivity index (χ1v) is 11.8. The summed E-state index contributed by atoms with van der Waals surface area (Å²) in [7, 11) is 1.66. The Morgan fingerprint density at radius 1 is 1.00 bits per heavy atom. The molecule has 0 atom stereocenters. The van der Waals surface area contributed by atoms with Crippen molar-refractivity contribution in [3.63, 3.8) is 0 Å². The van der Waals surface area contributed by atoms with E-state index in [9.17, 15) is 5.11 Å². The molecule has 0 amide bonds. The van der Waals surface area contributed by atoms with Crippen molar-refractivity contribution in [2.75, 3.05) is 19.0 Å². The first kappa shape index (κ1) is 23.6. The number of phenolic OH excluding ortho intramolecular Hbond substituents is 1. The van der Waals surface area contributed by atoms with Gasteiger partial charge in [-0.25, -0.2) is 4.98 Å². The quantitative estimate of drug-likeness (QED) is 0.264. The Morgan fingerprint density at radius 2 is 1.76 bits per heavy atom. The maximum Gasteiger partial charge on any atom is 0.138 e. The van der Waals surface area contributed by atoms with E-state index in [0.717, 1.165) is 48.4 Å². The molecule has 0 aliphatic heterocycles. The van der Waals surface area contributed by atoms with Crippen molar-refractivity contribution < 1.29 is 9.84 Å². The fourth-order valence-electron chi connectivity index (χ4n) is 4.04. The Balaban J connectivity index is 1.27. The molecule has 0 bridgehead atoms. The lowest BCUT2D eigenvalue weighted by Gasteiger charge is -2.27. The van der Waals surface area contributed by atoms with Crippen LogP contribution in [0.25, 0.3) is 11.0 Å². The molecule has 0 radical (unpaired) electrons. The topological polar surface area (TPSA) is 71.3 Å². The first-order chi connectivity index (χ1) is 16.4. The Bertz CT molecular complexity index is 1210. The predicted molar refractivity (Wildman–Crippen MR) is 139 cm³/mol. The molecule has 0 saturated heterocycles. The van der Waals surface area contributed by atoms with Crippen molar-refractivity contribution in [2.45, 2.75) is 45.3 Å². The van der Waals surface area contributed by atoms with Gasteiger partial charge in [0.05, 0.1) is 30.2 Å². The van der Waals surface area contributed by atoms with E-state index in [-0.39, 0.29) is 11.3 Å². The van der Waals surface area contributed by atoms with E-state index in [1.165, 1.54) is 11.1 Å². The van der Waals surface area contributed by atoms with Gasteiger partial charge in [-0.15, -0.1) is 0 Å². The molecule has 178 valence electrons. The number of hydrogen-bond acceptors (Lipinski definition) is 5. The van der Waals surface area contributed by atoms with Crippen LogP contribution in [0.5, 0.6) is 11.5 Å². The molecule has 0 saturated carbocycles. The molecule has 0 aliphatic rings. The number of imidazole rings is 1. The average molecular weight is 459 g/mol.